The van der Waals surface area contributed by atoms with E-state index in [1.165, 1.54) is 38.5 Å². The SMILES string of the molecule is CCCCCCCC(O)C1(OCC)CCCC1. The van der Waals surface area contributed by atoms with Crippen LogP contribution in [0.5, 0.6) is 0 Å². The van der Waals surface area contributed by atoms with Gasteiger partial charge in [0.05, 0.1) is 11.7 Å². The highest BCUT2D eigenvalue weighted by Crippen LogP contribution is 2.37. The molecule has 0 spiro atoms. The van der Waals surface area contributed by atoms with Gasteiger partial charge in [-0.1, -0.05) is 51.9 Å². The maximum atomic E-state index is 10.4. The van der Waals surface area contributed by atoms with Crippen LogP contribution in [0.1, 0.15) is 78.1 Å². The number of hydrogen-bond acceptors (Lipinski definition) is 2. The Morgan fingerprint density at radius 2 is 1.71 bits per heavy atom. The Morgan fingerprint density at radius 3 is 2.29 bits per heavy atom. The lowest BCUT2D eigenvalue weighted by Crippen LogP contribution is -2.42. The van der Waals surface area contributed by atoms with Crippen molar-refractivity contribution in [3.8, 4) is 0 Å². The van der Waals surface area contributed by atoms with Crippen LogP contribution >= 0.6 is 0 Å². The molecule has 2 heteroatoms. The van der Waals surface area contributed by atoms with Crippen molar-refractivity contribution in [3.05, 3.63) is 0 Å². The average Bonchev–Trinajstić information content (AvgIpc) is 2.79. The Hall–Kier alpha value is -0.0800. The molecule has 0 aromatic heterocycles. The summed E-state index contributed by atoms with van der Waals surface area (Å²) in [6, 6.07) is 0. The van der Waals surface area contributed by atoms with E-state index in [9.17, 15) is 5.11 Å². The lowest BCUT2D eigenvalue weighted by atomic mass is 9.90. The molecule has 0 amide bonds. The number of aliphatic hydroxyl groups is 1. The van der Waals surface area contributed by atoms with Crippen molar-refractivity contribution in [2.45, 2.75) is 89.8 Å². The predicted molar refractivity (Wildman–Crippen MR) is 72.2 cm³/mol. The summed E-state index contributed by atoms with van der Waals surface area (Å²) >= 11 is 0. The zero-order chi connectivity index (χ0) is 12.6. The van der Waals surface area contributed by atoms with E-state index in [-0.39, 0.29) is 11.7 Å². The number of unbranched alkanes of at least 4 members (excludes halogenated alkanes) is 4. The minimum absolute atomic E-state index is 0.195. The second-order valence-electron chi connectivity index (χ2n) is 5.42. The van der Waals surface area contributed by atoms with Gasteiger partial charge in [-0.2, -0.15) is 0 Å². The van der Waals surface area contributed by atoms with E-state index in [0.717, 1.165) is 32.3 Å². The van der Waals surface area contributed by atoms with Crippen LogP contribution < -0.4 is 0 Å². The number of rotatable bonds is 9. The molecule has 1 saturated carbocycles. The second kappa shape index (κ2) is 8.10. The monoisotopic (exact) mass is 242 g/mol. The van der Waals surface area contributed by atoms with Gasteiger partial charge in [0.2, 0.25) is 0 Å². The van der Waals surface area contributed by atoms with Gasteiger partial charge in [-0.15, -0.1) is 0 Å². The van der Waals surface area contributed by atoms with Gasteiger partial charge in [0, 0.05) is 6.61 Å². The van der Waals surface area contributed by atoms with Crippen LogP contribution in [-0.4, -0.2) is 23.4 Å². The van der Waals surface area contributed by atoms with Gasteiger partial charge in [0.1, 0.15) is 0 Å². The Labute approximate surface area is 107 Å². The fourth-order valence-electron chi connectivity index (χ4n) is 3.04. The van der Waals surface area contributed by atoms with Crippen molar-refractivity contribution in [3.63, 3.8) is 0 Å². The third kappa shape index (κ3) is 4.59. The van der Waals surface area contributed by atoms with Crippen LogP contribution in [0.4, 0.5) is 0 Å². The highest BCUT2D eigenvalue weighted by atomic mass is 16.5. The van der Waals surface area contributed by atoms with E-state index in [0.29, 0.717) is 0 Å². The van der Waals surface area contributed by atoms with Gasteiger partial charge >= 0.3 is 0 Å². The van der Waals surface area contributed by atoms with Gasteiger partial charge in [-0.25, -0.2) is 0 Å². The van der Waals surface area contributed by atoms with E-state index in [4.69, 9.17) is 4.74 Å². The first-order valence-electron chi connectivity index (χ1n) is 7.57. The van der Waals surface area contributed by atoms with Crippen molar-refractivity contribution < 1.29 is 9.84 Å². The third-order valence-corrected chi connectivity index (χ3v) is 4.07. The van der Waals surface area contributed by atoms with E-state index < -0.39 is 0 Å². The van der Waals surface area contributed by atoms with Crippen molar-refractivity contribution in [1.29, 1.82) is 0 Å². The van der Waals surface area contributed by atoms with Crippen LogP contribution in [0.15, 0.2) is 0 Å². The molecule has 1 N–H and O–H groups in total. The molecule has 0 aromatic carbocycles. The molecule has 102 valence electrons. The summed E-state index contributed by atoms with van der Waals surface area (Å²) in [5, 5.41) is 10.4. The first kappa shape index (κ1) is 15.0. The fourth-order valence-corrected chi connectivity index (χ4v) is 3.04. The lowest BCUT2D eigenvalue weighted by Gasteiger charge is -2.34. The summed E-state index contributed by atoms with van der Waals surface area (Å²) in [5.74, 6) is 0. The molecule has 1 fully saturated rings. The summed E-state index contributed by atoms with van der Waals surface area (Å²) in [6.45, 7) is 5.00. The highest BCUT2D eigenvalue weighted by Gasteiger charge is 2.40. The first-order chi connectivity index (χ1) is 8.25. The third-order valence-electron chi connectivity index (χ3n) is 4.07. The van der Waals surface area contributed by atoms with Crippen LogP contribution in [0.3, 0.4) is 0 Å². The van der Waals surface area contributed by atoms with E-state index in [1.54, 1.807) is 0 Å². The smallest absolute Gasteiger partial charge is 0.0939 e. The normalized spacial score (nSPS) is 20.6. The van der Waals surface area contributed by atoms with Crippen LogP contribution in [0.2, 0.25) is 0 Å². The summed E-state index contributed by atoms with van der Waals surface area (Å²) < 4.78 is 5.88. The molecule has 1 atom stereocenters. The van der Waals surface area contributed by atoms with Gasteiger partial charge in [-0.3, -0.25) is 0 Å². The minimum Gasteiger partial charge on any atom is -0.390 e. The Balaban J connectivity index is 2.25. The molecular formula is C15H30O2. The molecule has 0 bridgehead atoms. The van der Waals surface area contributed by atoms with Crippen molar-refractivity contribution in [1.82, 2.24) is 0 Å². The summed E-state index contributed by atoms with van der Waals surface area (Å²) in [5.41, 5.74) is -0.195. The number of aliphatic hydroxyl groups excluding tert-OH is 1. The van der Waals surface area contributed by atoms with E-state index in [1.807, 2.05) is 6.92 Å². The van der Waals surface area contributed by atoms with Crippen LogP contribution in [0.25, 0.3) is 0 Å². The maximum absolute atomic E-state index is 10.4. The van der Waals surface area contributed by atoms with Crippen LogP contribution in [-0.2, 0) is 4.74 Å². The minimum atomic E-state index is -0.244. The lowest BCUT2D eigenvalue weighted by molar-refractivity contribution is -0.119. The molecule has 17 heavy (non-hydrogen) atoms. The summed E-state index contributed by atoms with van der Waals surface area (Å²) in [6.07, 6.45) is 11.5. The molecule has 0 aromatic rings. The topological polar surface area (TPSA) is 29.5 Å². The summed E-state index contributed by atoms with van der Waals surface area (Å²) in [7, 11) is 0. The Morgan fingerprint density at radius 1 is 1.06 bits per heavy atom. The van der Waals surface area contributed by atoms with E-state index >= 15 is 0 Å². The van der Waals surface area contributed by atoms with Crippen molar-refractivity contribution in [2.75, 3.05) is 6.61 Å². The molecule has 1 aliphatic carbocycles. The Bertz CT molecular complexity index is 185. The average molecular weight is 242 g/mol. The predicted octanol–water partition coefficient (Wildman–Crippen LogP) is 4.06. The maximum Gasteiger partial charge on any atom is 0.0939 e. The van der Waals surface area contributed by atoms with Gasteiger partial charge < -0.3 is 9.84 Å². The molecule has 1 rings (SSSR count). The first-order valence-corrected chi connectivity index (χ1v) is 7.57. The largest absolute Gasteiger partial charge is 0.390 e. The Kier molecular flexibility index (Phi) is 7.14. The second-order valence-corrected chi connectivity index (χ2v) is 5.42. The van der Waals surface area contributed by atoms with E-state index in [2.05, 4.69) is 6.92 Å². The molecule has 0 heterocycles. The fraction of sp³-hybridized carbons (Fsp3) is 1.00. The number of hydrogen-bond donors (Lipinski definition) is 1. The van der Waals surface area contributed by atoms with Gasteiger partial charge in [0.15, 0.2) is 0 Å². The molecule has 2 nitrogen and oxygen atoms in total. The summed E-state index contributed by atoms with van der Waals surface area (Å²) in [4.78, 5) is 0. The van der Waals surface area contributed by atoms with Crippen molar-refractivity contribution >= 4 is 0 Å². The molecule has 0 saturated heterocycles. The van der Waals surface area contributed by atoms with Gasteiger partial charge in [0.25, 0.3) is 0 Å². The standard InChI is InChI=1S/C15H30O2/c1-3-5-6-7-8-11-14(16)15(17-4-2)12-9-10-13-15/h14,16H,3-13H2,1-2H3. The molecule has 0 aliphatic heterocycles. The van der Waals surface area contributed by atoms with Crippen LogP contribution in [0, 0.1) is 0 Å². The number of ether oxygens (including phenoxy) is 1. The zero-order valence-electron chi connectivity index (χ0n) is 11.7. The molecule has 0 radical (unpaired) electrons. The highest BCUT2D eigenvalue weighted by molar-refractivity contribution is 4.92. The molecule has 1 unspecified atom stereocenters. The molecule has 1 aliphatic rings. The zero-order valence-corrected chi connectivity index (χ0v) is 11.7. The van der Waals surface area contributed by atoms with Crippen molar-refractivity contribution in [2.24, 2.45) is 0 Å². The van der Waals surface area contributed by atoms with Gasteiger partial charge in [-0.05, 0) is 26.2 Å². The quantitative estimate of drug-likeness (QED) is 0.618. The molecular weight excluding hydrogens is 212 g/mol.